The summed E-state index contributed by atoms with van der Waals surface area (Å²) in [7, 11) is 0. The van der Waals surface area contributed by atoms with Gasteiger partial charge in [-0.3, -0.25) is 4.79 Å². The summed E-state index contributed by atoms with van der Waals surface area (Å²) in [6.45, 7) is 0. The van der Waals surface area contributed by atoms with Gasteiger partial charge in [-0.2, -0.15) is 0 Å². The van der Waals surface area contributed by atoms with Crippen molar-refractivity contribution in [3.8, 4) is 5.75 Å². The van der Waals surface area contributed by atoms with E-state index in [0.29, 0.717) is 17.0 Å². The maximum atomic E-state index is 11.8. The fourth-order valence-electron chi connectivity index (χ4n) is 1.42. The topological polar surface area (TPSA) is 38.3 Å². The zero-order valence-electron chi connectivity index (χ0n) is 9.30. The Kier molecular flexibility index (Phi) is 4.20. The van der Waals surface area contributed by atoms with Crippen LogP contribution in [-0.2, 0) is 0 Å². The molecular formula is C13H10FNO2S. The van der Waals surface area contributed by atoms with Crippen LogP contribution in [0.1, 0.15) is 10.4 Å². The van der Waals surface area contributed by atoms with Crippen molar-refractivity contribution in [3.63, 3.8) is 0 Å². The van der Waals surface area contributed by atoms with Crippen LogP contribution in [0.15, 0.2) is 54.6 Å². The quantitative estimate of drug-likeness (QED) is 0.851. The smallest absolute Gasteiger partial charge is 0.272 e. The molecule has 0 spiro atoms. The molecule has 0 radical (unpaired) electrons. The van der Waals surface area contributed by atoms with E-state index in [1.807, 2.05) is 6.07 Å². The number of halogens is 1. The molecule has 0 saturated heterocycles. The fraction of sp³-hybridized carbons (Fsp3) is 0. The molecule has 0 unspecified atom stereocenters. The van der Waals surface area contributed by atoms with Crippen molar-refractivity contribution < 1.29 is 12.9 Å². The number of carbonyl (C=O) groups is 1. The van der Waals surface area contributed by atoms with Crippen LogP contribution in [-0.4, -0.2) is 5.91 Å². The van der Waals surface area contributed by atoms with Gasteiger partial charge in [0.2, 0.25) is 0 Å². The Balaban J connectivity index is 2.03. The molecule has 0 aromatic heterocycles. The molecule has 0 aliphatic carbocycles. The van der Waals surface area contributed by atoms with Gasteiger partial charge in [0.15, 0.2) is 0 Å². The number of rotatable bonds is 4. The third kappa shape index (κ3) is 3.24. The average molecular weight is 263 g/mol. The SMILES string of the molecule is O=C(Nc1ccc(OSF)cc1)c1ccccc1. The maximum absolute atomic E-state index is 11.8. The summed E-state index contributed by atoms with van der Waals surface area (Å²) in [5, 5.41) is 2.73. The molecule has 1 N–H and O–H groups in total. The minimum Gasteiger partial charge on any atom is -0.397 e. The fourth-order valence-corrected chi connectivity index (χ4v) is 1.61. The Morgan fingerprint density at radius 1 is 1.06 bits per heavy atom. The zero-order valence-corrected chi connectivity index (χ0v) is 10.1. The van der Waals surface area contributed by atoms with Crippen LogP contribution >= 0.6 is 12.4 Å². The van der Waals surface area contributed by atoms with Crippen LogP contribution in [0.25, 0.3) is 0 Å². The van der Waals surface area contributed by atoms with Crippen LogP contribution < -0.4 is 9.50 Å². The molecule has 5 heteroatoms. The van der Waals surface area contributed by atoms with Crippen molar-refractivity contribution in [2.45, 2.75) is 0 Å². The third-order valence-corrected chi connectivity index (χ3v) is 2.53. The standard InChI is InChI=1S/C13H10FNO2S/c14-18-17-12-8-6-11(7-9-12)15-13(16)10-4-2-1-3-5-10/h1-9H,(H,15,16). The number of nitrogens with one attached hydrogen (secondary N) is 1. The highest BCUT2D eigenvalue weighted by Crippen LogP contribution is 2.20. The van der Waals surface area contributed by atoms with E-state index in [4.69, 9.17) is 0 Å². The van der Waals surface area contributed by atoms with Gasteiger partial charge in [-0.05, 0) is 36.4 Å². The van der Waals surface area contributed by atoms with Crippen LogP contribution in [0.4, 0.5) is 9.57 Å². The average Bonchev–Trinajstić information content (AvgIpc) is 2.42. The van der Waals surface area contributed by atoms with Crippen molar-refractivity contribution in [1.82, 2.24) is 0 Å². The molecule has 0 bridgehead atoms. The highest BCUT2D eigenvalue weighted by atomic mass is 32.2. The summed E-state index contributed by atoms with van der Waals surface area (Å²) in [4.78, 5) is 11.8. The summed E-state index contributed by atoms with van der Waals surface area (Å²) in [5.41, 5.74) is 1.21. The Bertz CT molecular complexity index is 516. The van der Waals surface area contributed by atoms with Gasteiger partial charge in [0.05, 0.1) is 0 Å². The predicted molar refractivity (Wildman–Crippen MR) is 70.2 cm³/mol. The molecule has 92 valence electrons. The van der Waals surface area contributed by atoms with Gasteiger partial charge in [0.1, 0.15) is 5.75 Å². The van der Waals surface area contributed by atoms with Crippen LogP contribution in [0, 0.1) is 0 Å². The Hall–Kier alpha value is -2.01. The molecule has 2 aromatic rings. The second-order valence-corrected chi connectivity index (χ2v) is 3.78. The summed E-state index contributed by atoms with van der Waals surface area (Å²) in [6, 6.07) is 15.3. The van der Waals surface area contributed by atoms with Gasteiger partial charge < -0.3 is 9.50 Å². The molecule has 0 heterocycles. The molecule has 2 aromatic carbocycles. The first-order chi connectivity index (χ1) is 8.79. The van der Waals surface area contributed by atoms with E-state index in [2.05, 4.69) is 9.50 Å². The molecule has 0 fully saturated rings. The van der Waals surface area contributed by atoms with Crippen molar-refractivity contribution in [1.29, 1.82) is 0 Å². The molecule has 0 aliphatic rings. The lowest BCUT2D eigenvalue weighted by Gasteiger charge is -2.05. The number of amides is 1. The van der Waals surface area contributed by atoms with E-state index < -0.39 is 0 Å². The summed E-state index contributed by atoms with van der Waals surface area (Å²) >= 11 is -0.216. The van der Waals surface area contributed by atoms with Crippen LogP contribution in [0.3, 0.4) is 0 Å². The molecule has 0 aliphatic heterocycles. The van der Waals surface area contributed by atoms with Gasteiger partial charge in [-0.1, -0.05) is 18.2 Å². The minimum absolute atomic E-state index is 0.191. The molecule has 0 atom stereocenters. The van der Waals surface area contributed by atoms with E-state index in [1.54, 1.807) is 48.5 Å². The number of carbonyl (C=O) groups excluding carboxylic acids is 1. The van der Waals surface area contributed by atoms with Gasteiger partial charge in [0.25, 0.3) is 18.3 Å². The third-order valence-electron chi connectivity index (χ3n) is 2.28. The summed E-state index contributed by atoms with van der Waals surface area (Å²) in [5.74, 6) is 0.198. The first-order valence-corrected chi connectivity index (χ1v) is 5.85. The normalized spacial score (nSPS) is 9.83. The number of hydrogen-bond acceptors (Lipinski definition) is 3. The number of benzene rings is 2. The van der Waals surface area contributed by atoms with Crippen LogP contribution in [0.5, 0.6) is 5.75 Å². The first kappa shape index (κ1) is 12.4. The molecule has 3 nitrogen and oxygen atoms in total. The molecule has 1 amide bonds. The molecule has 18 heavy (non-hydrogen) atoms. The Morgan fingerprint density at radius 3 is 2.33 bits per heavy atom. The zero-order chi connectivity index (χ0) is 12.8. The van der Waals surface area contributed by atoms with E-state index in [0.717, 1.165) is 0 Å². The maximum Gasteiger partial charge on any atom is 0.272 e. The van der Waals surface area contributed by atoms with Crippen LogP contribution in [0.2, 0.25) is 0 Å². The lowest BCUT2D eigenvalue weighted by molar-refractivity contribution is 0.102. The van der Waals surface area contributed by atoms with E-state index in [9.17, 15) is 8.68 Å². The second kappa shape index (κ2) is 6.07. The second-order valence-electron chi connectivity index (χ2n) is 3.49. The lowest BCUT2D eigenvalue weighted by Crippen LogP contribution is -2.11. The van der Waals surface area contributed by atoms with Crippen molar-refractivity contribution in [2.75, 3.05) is 5.32 Å². The molecule has 0 saturated carbocycles. The van der Waals surface area contributed by atoms with Gasteiger partial charge in [-0.15, -0.1) is 3.89 Å². The Labute approximate surface area is 108 Å². The molecule has 2 rings (SSSR count). The van der Waals surface area contributed by atoms with Crippen molar-refractivity contribution in [3.05, 3.63) is 60.2 Å². The van der Waals surface area contributed by atoms with Gasteiger partial charge >= 0.3 is 0 Å². The molecular weight excluding hydrogens is 253 g/mol. The predicted octanol–water partition coefficient (Wildman–Crippen LogP) is 3.85. The van der Waals surface area contributed by atoms with Gasteiger partial charge in [-0.25, -0.2) is 0 Å². The number of hydrogen-bond donors (Lipinski definition) is 1. The Morgan fingerprint density at radius 2 is 1.72 bits per heavy atom. The van der Waals surface area contributed by atoms with E-state index >= 15 is 0 Å². The summed E-state index contributed by atoms with van der Waals surface area (Å²) < 4.78 is 16.4. The van der Waals surface area contributed by atoms with Crippen molar-refractivity contribution in [2.24, 2.45) is 0 Å². The highest BCUT2D eigenvalue weighted by Gasteiger charge is 2.04. The largest absolute Gasteiger partial charge is 0.397 e. The minimum atomic E-state index is -0.216. The lowest BCUT2D eigenvalue weighted by atomic mass is 10.2. The first-order valence-electron chi connectivity index (χ1n) is 5.21. The van der Waals surface area contributed by atoms with E-state index in [1.165, 1.54) is 0 Å². The monoisotopic (exact) mass is 263 g/mol. The highest BCUT2D eigenvalue weighted by molar-refractivity contribution is 7.89. The summed E-state index contributed by atoms with van der Waals surface area (Å²) in [6.07, 6.45) is 0. The van der Waals surface area contributed by atoms with Gasteiger partial charge in [0, 0.05) is 11.3 Å². The number of anilines is 1. The van der Waals surface area contributed by atoms with Crippen molar-refractivity contribution >= 4 is 24.0 Å². The van der Waals surface area contributed by atoms with E-state index in [-0.39, 0.29) is 18.3 Å².